The van der Waals surface area contributed by atoms with Crippen molar-refractivity contribution in [2.75, 3.05) is 7.11 Å². The molecule has 1 fully saturated rings. The molecule has 1 aromatic rings. The Kier molecular flexibility index (Phi) is 5.95. The summed E-state index contributed by atoms with van der Waals surface area (Å²) >= 11 is 0. The summed E-state index contributed by atoms with van der Waals surface area (Å²) in [4.78, 5) is 12.0. The Morgan fingerprint density at radius 3 is 2.62 bits per heavy atom. The van der Waals surface area contributed by atoms with Gasteiger partial charge in [0.15, 0.2) is 17.3 Å². The monoisotopic (exact) mass is 338 g/mol. The van der Waals surface area contributed by atoms with Crippen molar-refractivity contribution in [3.63, 3.8) is 0 Å². The van der Waals surface area contributed by atoms with Crippen LogP contribution in [0.15, 0.2) is 24.3 Å². The molecular formula is C17H22O7. The van der Waals surface area contributed by atoms with Crippen LogP contribution in [0.25, 0.3) is 6.08 Å². The minimum Gasteiger partial charge on any atom is -0.504 e. The number of allylic oxidation sites excluding steroid dienone is 1. The van der Waals surface area contributed by atoms with Crippen molar-refractivity contribution >= 4 is 11.9 Å². The first kappa shape index (κ1) is 18.4. The van der Waals surface area contributed by atoms with Gasteiger partial charge in [-0.2, -0.15) is 0 Å². The highest BCUT2D eigenvalue weighted by atomic mass is 16.5. The molecule has 0 bridgehead atoms. The van der Waals surface area contributed by atoms with E-state index in [1.54, 1.807) is 25.1 Å². The summed E-state index contributed by atoms with van der Waals surface area (Å²) < 4.78 is 10.4. The molecule has 0 unspecified atom stereocenters. The number of ketones is 1. The molecule has 0 radical (unpaired) electrons. The van der Waals surface area contributed by atoms with E-state index in [4.69, 9.17) is 9.47 Å². The molecule has 0 aliphatic carbocycles. The smallest absolute Gasteiger partial charge is 0.161 e. The van der Waals surface area contributed by atoms with Crippen LogP contribution in [0, 0.1) is 0 Å². The van der Waals surface area contributed by atoms with Crippen LogP contribution in [-0.4, -0.2) is 63.8 Å². The lowest BCUT2D eigenvalue weighted by atomic mass is 9.93. The van der Waals surface area contributed by atoms with Crippen LogP contribution in [0.2, 0.25) is 0 Å². The summed E-state index contributed by atoms with van der Waals surface area (Å²) in [5.41, 5.74) is 0.659. The Balaban J connectivity index is 2.00. The van der Waals surface area contributed by atoms with Crippen molar-refractivity contribution < 1.29 is 34.7 Å². The van der Waals surface area contributed by atoms with Crippen molar-refractivity contribution in [2.45, 2.75) is 43.9 Å². The maximum Gasteiger partial charge on any atom is 0.161 e. The van der Waals surface area contributed by atoms with E-state index in [2.05, 4.69) is 0 Å². The Labute approximate surface area is 139 Å². The number of hydrogen-bond donors (Lipinski definition) is 4. The van der Waals surface area contributed by atoms with E-state index in [0.29, 0.717) is 11.3 Å². The molecule has 0 amide bonds. The zero-order valence-electron chi connectivity index (χ0n) is 13.5. The predicted molar refractivity (Wildman–Crippen MR) is 85.7 cm³/mol. The predicted octanol–water partition coefficient (Wildman–Crippen LogP) is 0.243. The summed E-state index contributed by atoms with van der Waals surface area (Å²) in [5.74, 6) is -0.00955. The lowest BCUT2D eigenvalue weighted by Gasteiger charge is -2.39. The molecule has 0 saturated carbocycles. The first-order chi connectivity index (χ1) is 11.3. The van der Waals surface area contributed by atoms with Crippen LogP contribution >= 0.6 is 0 Å². The second-order valence-corrected chi connectivity index (χ2v) is 5.79. The molecule has 1 heterocycles. The van der Waals surface area contributed by atoms with E-state index in [1.165, 1.54) is 19.3 Å². The third kappa shape index (κ3) is 4.12. The van der Waals surface area contributed by atoms with Gasteiger partial charge in [0.2, 0.25) is 0 Å². The number of ether oxygens (including phenoxy) is 2. The molecule has 5 atom stereocenters. The Morgan fingerprint density at radius 2 is 1.96 bits per heavy atom. The van der Waals surface area contributed by atoms with Gasteiger partial charge in [0.25, 0.3) is 0 Å². The number of carbonyl (C=O) groups excluding carboxylic acids is 1. The topological polar surface area (TPSA) is 116 Å². The van der Waals surface area contributed by atoms with Crippen LogP contribution in [0.3, 0.4) is 0 Å². The van der Waals surface area contributed by atoms with Gasteiger partial charge in [-0.05, 0) is 30.7 Å². The number of carbonyl (C=O) groups is 1. The lowest BCUT2D eigenvalue weighted by Crippen LogP contribution is -2.56. The van der Waals surface area contributed by atoms with Crippen LogP contribution in [0.1, 0.15) is 18.9 Å². The van der Waals surface area contributed by atoms with E-state index >= 15 is 0 Å². The van der Waals surface area contributed by atoms with Gasteiger partial charge in [-0.15, -0.1) is 0 Å². The van der Waals surface area contributed by atoms with Gasteiger partial charge in [0, 0.05) is 6.42 Å². The zero-order valence-corrected chi connectivity index (χ0v) is 13.5. The number of hydrogen-bond acceptors (Lipinski definition) is 7. The van der Waals surface area contributed by atoms with Crippen LogP contribution < -0.4 is 4.74 Å². The normalized spacial score (nSPS) is 30.5. The van der Waals surface area contributed by atoms with E-state index in [1.807, 2.05) is 0 Å². The van der Waals surface area contributed by atoms with Gasteiger partial charge < -0.3 is 29.9 Å². The van der Waals surface area contributed by atoms with Gasteiger partial charge in [0.05, 0.1) is 19.3 Å². The van der Waals surface area contributed by atoms with Crippen molar-refractivity contribution in [3.8, 4) is 11.5 Å². The van der Waals surface area contributed by atoms with Gasteiger partial charge in [-0.1, -0.05) is 12.1 Å². The highest BCUT2D eigenvalue weighted by molar-refractivity contribution is 5.94. The number of benzene rings is 1. The highest BCUT2D eigenvalue weighted by Crippen LogP contribution is 2.27. The summed E-state index contributed by atoms with van der Waals surface area (Å²) in [5, 5.41) is 38.8. The van der Waals surface area contributed by atoms with Crippen molar-refractivity contribution in [2.24, 2.45) is 0 Å². The molecule has 1 aliphatic rings. The fraction of sp³-hybridized carbons (Fsp3) is 0.471. The summed E-state index contributed by atoms with van der Waals surface area (Å²) in [6.07, 6.45) is -2.68. The zero-order chi connectivity index (χ0) is 17.9. The third-order valence-electron chi connectivity index (χ3n) is 4.02. The average Bonchev–Trinajstić information content (AvgIpc) is 2.57. The first-order valence-corrected chi connectivity index (χ1v) is 7.61. The first-order valence-electron chi connectivity index (χ1n) is 7.61. The van der Waals surface area contributed by atoms with E-state index in [9.17, 15) is 25.2 Å². The molecule has 4 N–H and O–H groups in total. The van der Waals surface area contributed by atoms with Crippen molar-refractivity contribution in [1.82, 2.24) is 0 Å². The number of aromatic hydroxyl groups is 1. The minimum atomic E-state index is -1.35. The van der Waals surface area contributed by atoms with E-state index in [-0.39, 0.29) is 18.0 Å². The Bertz CT molecular complexity index is 613. The van der Waals surface area contributed by atoms with Crippen LogP contribution in [0.4, 0.5) is 0 Å². The number of aliphatic hydroxyl groups is 3. The highest BCUT2D eigenvalue weighted by Gasteiger charge is 2.41. The van der Waals surface area contributed by atoms with Crippen molar-refractivity contribution in [1.29, 1.82) is 0 Å². The molecule has 1 aliphatic heterocycles. The Hall–Kier alpha value is -1.93. The number of aliphatic hydroxyl groups excluding tert-OH is 3. The molecule has 1 saturated heterocycles. The van der Waals surface area contributed by atoms with Gasteiger partial charge >= 0.3 is 0 Å². The molecule has 7 nitrogen and oxygen atoms in total. The SMILES string of the molecule is COc1cc(/C=C/C(=O)C[C@@H]2O[C@@H](C)[C@H](O)[C@@H](O)[C@H]2O)ccc1O. The molecule has 24 heavy (non-hydrogen) atoms. The number of phenols is 1. The maximum absolute atomic E-state index is 12.0. The average molecular weight is 338 g/mol. The van der Waals surface area contributed by atoms with E-state index < -0.39 is 30.5 Å². The molecule has 7 heteroatoms. The second kappa shape index (κ2) is 7.76. The Morgan fingerprint density at radius 1 is 1.25 bits per heavy atom. The van der Waals surface area contributed by atoms with E-state index in [0.717, 1.165) is 0 Å². The molecule has 132 valence electrons. The minimum absolute atomic E-state index is 0.00115. The molecular weight excluding hydrogens is 316 g/mol. The van der Waals surface area contributed by atoms with Crippen molar-refractivity contribution in [3.05, 3.63) is 29.8 Å². The number of methoxy groups -OCH3 is 1. The molecule has 0 spiro atoms. The molecule has 1 aromatic carbocycles. The summed E-state index contributed by atoms with van der Waals surface area (Å²) in [7, 11) is 1.43. The van der Waals surface area contributed by atoms with Gasteiger partial charge in [-0.3, -0.25) is 4.79 Å². The molecule has 0 aromatic heterocycles. The fourth-order valence-electron chi connectivity index (χ4n) is 2.56. The molecule has 2 rings (SSSR count). The largest absolute Gasteiger partial charge is 0.504 e. The quantitative estimate of drug-likeness (QED) is 0.568. The standard InChI is InChI=1S/C17H22O7/c1-9-15(20)17(22)16(21)14(24-9)8-11(18)5-3-10-4-6-12(19)13(7-10)23-2/h3-7,9,14-17,19-22H,8H2,1-2H3/b5-3+/t9-,14-,15-,16-,17+/m0/s1. The summed E-state index contributed by atoms with van der Waals surface area (Å²) in [6.45, 7) is 1.57. The maximum atomic E-state index is 12.0. The van der Waals surface area contributed by atoms with Gasteiger partial charge in [-0.25, -0.2) is 0 Å². The number of rotatable bonds is 5. The lowest BCUT2D eigenvalue weighted by molar-refractivity contribution is -0.217. The second-order valence-electron chi connectivity index (χ2n) is 5.79. The third-order valence-corrected chi connectivity index (χ3v) is 4.02. The number of phenolic OH excluding ortho intramolecular Hbond substituents is 1. The van der Waals surface area contributed by atoms with Gasteiger partial charge in [0.1, 0.15) is 18.3 Å². The van der Waals surface area contributed by atoms with Crippen LogP contribution in [-0.2, 0) is 9.53 Å². The van der Waals surface area contributed by atoms with Crippen LogP contribution in [0.5, 0.6) is 11.5 Å². The summed E-state index contributed by atoms with van der Waals surface area (Å²) in [6, 6.07) is 4.65. The fourth-order valence-corrected chi connectivity index (χ4v) is 2.56.